The molecule has 0 spiro atoms. The zero-order valence-corrected chi connectivity index (χ0v) is 12.5. The summed E-state index contributed by atoms with van der Waals surface area (Å²) in [6, 6.07) is 11.6. The molecular formula is C12H9ClN4O4S. The fraction of sp³-hybridized carbons (Fsp3) is 0. The Kier molecular flexibility index (Phi) is 5.44. The maximum absolute atomic E-state index is 8.49. The van der Waals surface area contributed by atoms with Gasteiger partial charge in [-0.15, -0.1) is 20.4 Å². The van der Waals surface area contributed by atoms with Gasteiger partial charge in [-0.25, -0.2) is 23.6 Å². The molecule has 0 bridgehead atoms. The maximum Gasteiger partial charge on any atom is 0.241 e. The molecule has 0 aliphatic carbocycles. The van der Waals surface area contributed by atoms with E-state index in [9.17, 15) is 0 Å². The third-order valence-corrected chi connectivity index (χ3v) is 3.23. The van der Waals surface area contributed by atoms with E-state index >= 15 is 0 Å². The number of hydrogen-bond acceptors (Lipinski definition) is 8. The summed E-state index contributed by atoms with van der Waals surface area (Å²) in [5, 5.41) is 10.0. The normalized spacial score (nSPS) is 10.7. The number of aromatic amines is 1. The lowest BCUT2D eigenvalue weighted by atomic mass is 10.4. The van der Waals surface area contributed by atoms with Crippen LogP contribution in [-0.2, 0) is 0 Å². The van der Waals surface area contributed by atoms with Crippen LogP contribution in [0.15, 0.2) is 48.8 Å². The highest BCUT2D eigenvalue weighted by Crippen LogP contribution is 2.25. The smallest absolute Gasteiger partial charge is 0.241 e. The van der Waals surface area contributed by atoms with Crippen LogP contribution in [0.1, 0.15) is 0 Å². The van der Waals surface area contributed by atoms with Crippen LogP contribution in [0, 0.1) is 10.2 Å². The summed E-state index contributed by atoms with van der Waals surface area (Å²) >= 11 is 1.52. The molecule has 0 unspecified atom stereocenters. The van der Waals surface area contributed by atoms with Crippen molar-refractivity contribution in [1.29, 1.82) is 0 Å². The molecular weight excluding hydrogens is 332 g/mol. The standard InChI is InChI=1S/C12H8N4S.ClHO4/c1-3-7-13-9(5-1)11-15-16-12(17-11)10-6-2-4-8-14-10;2-1(3,4)5/h1-8H;(H,2,3,4,5). The molecule has 0 atom stereocenters. The highest BCUT2D eigenvalue weighted by atomic mass is 35.7. The van der Waals surface area contributed by atoms with Crippen molar-refractivity contribution < 1.29 is 33.9 Å². The van der Waals surface area contributed by atoms with Crippen LogP contribution in [-0.4, -0.2) is 15.2 Å². The first-order valence-corrected chi connectivity index (χ1v) is 7.82. The Balaban J connectivity index is 0.000000309. The summed E-state index contributed by atoms with van der Waals surface area (Å²) < 4.78 is 34.0. The SMILES string of the molecule is [O-][Cl+3]([O-])([O-])[O-].c1ccc(-c2nnc(-c3cccc[nH+]3)s2)nc1. The second kappa shape index (κ2) is 7.31. The molecule has 0 aliphatic rings. The molecule has 8 nitrogen and oxygen atoms in total. The number of H-pyrrole nitrogens is 1. The molecule has 3 rings (SSSR count). The fourth-order valence-corrected chi connectivity index (χ4v) is 2.26. The summed E-state index contributed by atoms with van der Waals surface area (Å²) in [5.41, 5.74) is 1.82. The Morgan fingerprint density at radius 1 is 0.909 bits per heavy atom. The fourth-order valence-electron chi connectivity index (χ4n) is 1.45. The summed E-state index contributed by atoms with van der Waals surface area (Å²) in [4.78, 5) is 7.39. The van der Waals surface area contributed by atoms with Crippen molar-refractivity contribution in [2.45, 2.75) is 0 Å². The number of nitrogens with one attached hydrogen (secondary N) is 1. The van der Waals surface area contributed by atoms with Crippen molar-refractivity contribution >= 4 is 11.3 Å². The second-order valence-corrected chi connectivity index (χ2v) is 5.52. The quantitative estimate of drug-likeness (QED) is 0.494. The molecule has 3 aromatic heterocycles. The molecule has 0 saturated heterocycles. The van der Waals surface area contributed by atoms with Crippen LogP contribution >= 0.6 is 11.3 Å². The first-order valence-electron chi connectivity index (χ1n) is 5.77. The molecule has 0 aliphatic heterocycles. The predicted molar refractivity (Wildman–Crippen MR) is 65.1 cm³/mol. The zero-order chi connectivity index (χ0) is 16.0. The molecule has 10 heteroatoms. The first-order chi connectivity index (χ1) is 10.4. The minimum Gasteiger partial charge on any atom is -0.254 e. The summed E-state index contributed by atoms with van der Waals surface area (Å²) in [5.74, 6) is 0. The summed E-state index contributed by atoms with van der Waals surface area (Å²) in [6.07, 6.45) is 3.63. The number of nitrogens with zero attached hydrogens (tertiary/aromatic N) is 3. The van der Waals surface area contributed by atoms with Crippen LogP contribution in [0.2, 0.25) is 0 Å². The lowest BCUT2D eigenvalue weighted by Crippen LogP contribution is -2.68. The lowest BCUT2D eigenvalue weighted by Gasteiger charge is -2.17. The van der Waals surface area contributed by atoms with Gasteiger partial charge in [-0.3, -0.25) is 4.98 Å². The Morgan fingerprint density at radius 2 is 1.59 bits per heavy atom. The van der Waals surface area contributed by atoms with E-state index in [1.807, 2.05) is 42.6 Å². The molecule has 1 N–H and O–H groups in total. The second-order valence-electron chi connectivity index (χ2n) is 3.78. The van der Waals surface area contributed by atoms with E-state index in [1.54, 1.807) is 6.20 Å². The Morgan fingerprint density at radius 3 is 2.18 bits per heavy atom. The van der Waals surface area contributed by atoms with E-state index in [4.69, 9.17) is 18.6 Å². The molecule has 3 heterocycles. The van der Waals surface area contributed by atoms with Gasteiger partial charge < -0.3 is 0 Å². The minimum atomic E-state index is -4.94. The summed E-state index contributed by atoms with van der Waals surface area (Å²) in [6.45, 7) is 0. The molecule has 0 fully saturated rings. The van der Waals surface area contributed by atoms with E-state index in [0.29, 0.717) is 0 Å². The molecule has 114 valence electrons. The van der Waals surface area contributed by atoms with Gasteiger partial charge in [-0.1, -0.05) is 17.4 Å². The minimum absolute atomic E-state index is 0.831. The monoisotopic (exact) mass is 340 g/mol. The van der Waals surface area contributed by atoms with Gasteiger partial charge in [-0.05, 0) is 18.2 Å². The Hall–Kier alpha value is -2.01. The van der Waals surface area contributed by atoms with Gasteiger partial charge in [0.05, 0.1) is 0 Å². The molecule has 0 saturated carbocycles. The van der Waals surface area contributed by atoms with Crippen molar-refractivity contribution in [2.75, 3.05) is 0 Å². The highest BCUT2D eigenvalue weighted by Gasteiger charge is 2.12. The number of pyridine rings is 2. The van der Waals surface area contributed by atoms with Crippen molar-refractivity contribution in [1.82, 2.24) is 15.2 Å². The molecule has 0 radical (unpaired) electrons. The highest BCUT2D eigenvalue weighted by molar-refractivity contribution is 7.17. The van der Waals surface area contributed by atoms with Gasteiger partial charge in [-0.2, -0.15) is 0 Å². The number of halogens is 1. The van der Waals surface area contributed by atoms with Crippen LogP contribution < -0.4 is 23.6 Å². The first kappa shape index (κ1) is 16.4. The molecule has 0 amide bonds. The van der Waals surface area contributed by atoms with Gasteiger partial charge in [0.25, 0.3) is 0 Å². The third kappa shape index (κ3) is 5.41. The molecule has 0 aromatic carbocycles. The van der Waals surface area contributed by atoms with Crippen LogP contribution in [0.25, 0.3) is 21.4 Å². The van der Waals surface area contributed by atoms with Crippen LogP contribution in [0.3, 0.4) is 0 Å². The molecule has 3 aromatic rings. The van der Waals surface area contributed by atoms with E-state index < -0.39 is 10.2 Å². The van der Waals surface area contributed by atoms with Crippen LogP contribution in [0.4, 0.5) is 0 Å². The maximum atomic E-state index is 8.49. The van der Waals surface area contributed by atoms with Crippen molar-refractivity contribution in [3.8, 4) is 21.4 Å². The van der Waals surface area contributed by atoms with Gasteiger partial charge in [0.2, 0.25) is 10.7 Å². The average Bonchev–Trinajstić information content (AvgIpc) is 2.97. The lowest BCUT2D eigenvalue weighted by molar-refractivity contribution is -2.00. The van der Waals surface area contributed by atoms with Crippen molar-refractivity contribution in [2.24, 2.45) is 0 Å². The Bertz CT molecular complexity index is 646. The summed E-state index contributed by atoms with van der Waals surface area (Å²) in [7, 11) is -4.94. The van der Waals surface area contributed by atoms with Gasteiger partial charge in [0, 0.05) is 18.3 Å². The van der Waals surface area contributed by atoms with Gasteiger partial charge >= 0.3 is 0 Å². The van der Waals surface area contributed by atoms with E-state index in [2.05, 4.69) is 20.2 Å². The van der Waals surface area contributed by atoms with E-state index in [1.165, 1.54) is 11.3 Å². The average molecular weight is 341 g/mol. The van der Waals surface area contributed by atoms with Crippen molar-refractivity contribution in [3.05, 3.63) is 48.8 Å². The van der Waals surface area contributed by atoms with Crippen LogP contribution in [0.5, 0.6) is 0 Å². The van der Waals surface area contributed by atoms with Gasteiger partial charge in [0.15, 0.2) is 11.2 Å². The number of rotatable bonds is 2. The number of aromatic nitrogens is 4. The predicted octanol–water partition coefficient (Wildman–Crippen LogP) is -2.67. The van der Waals surface area contributed by atoms with E-state index in [-0.39, 0.29) is 0 Å². The van der Waals surface area contributed by atoms with Gasteiger partial charge in [0.1, 0.15) is 5.69 Å². The number of hydrogen-bond donors (Lipinski definition) is 0. The topological polar surface area (TPSA) is 145 Å². The molecule has 22 heavy (non-hydrogen) atoms. The largest absolute Gasteiger partial charge is 0.254 e. The van der Waals surface area contributed by atoms with Crippen molar-refractivity contribution in [3.63, 3.8) is 0 Å². The Labute approximate surface area is 131 Å². The zero-order valence-electron chi connectivity index (χ0n) is 10.9. The third-order valence-electron chi connectivity index (χ3n) is 2.25. The van der Waals surface area contributed by atoms with E-state index in [0.717, 1.165) is 21.4 Å².